The van der Waals surface area contributed by atoms with Crippen molar-refractivity contribution in [1.82, 2.24) is 20.3 Å². The Kier molecular flexibility index (Phi) is 10.0. The van der Waals surface area contributed by atoms with Crippen LogP contribution in [0.1, 0.15) is 28.8 Å². The van der Waals surface area contributed by atoms with Gasteiger partial charge in [0.05, 0.1) is 5.69 Å². The number of amides is 1. The van der Waals surface area contributed by atoms with Crippen LogP contribution in [0, 0.1) is 13.8 Å². The first-order valence-corrected chi connectivity index (χ1v) is 9.03. The number of hydrogen-bond donors (Lipinski definition) is 3. The van der Waals surface area contributed by atoms with Gasteiger partial charge in [-0.15, -0.1) is 24.8 Å². The first kappa shape index (κ1) is 24.8. The fourth-order valence-corrected chi connectivity index (χ4v) is 3.14. The van der Waals surface area contributed by atoms with E-state index in [0.29, 0.717) is 12.0 Å². The Labute approximate surface area is 183 Å². The summed E-state index contributed by atoms with van der Waals surface area (Å²) in [5, 5.41) is 11.9. The molecule has 158 valence electrons. The summed E-state index contributed by atoms with van der Waals surface area (Å²) >= 11 is 0. The zero-order valence-corrected chi connectivity index (χ0v) is 18.1. The van der Waals surface area contributed by atoms with Gasteiger partial charge in [-0.05, 0) is 31.9 Å². The summed E-state index contributed by atoms with van der Waals surface area (Å²) in [4.78, 5) is 22.3. The summed E-state index contributed by atoms with van der Waals surface area (Å²) in [5.41, 5.74) is 5.67. The molecule has 1 aliphatic heterocycles. The number of benzene rings is 1. The maximum absolute atomic E-state index is 11.1. The number of halogens is 2. The highest BCUT2D eigenvalue weighted by atomic mass is 35.5. The van der Waals surface area contributed by atoms with Crippen molar-refractivity contribution in [3.63, 3.8) is 0 Å². The average molecular weight is 440 g/mol. The molecule has 2 heterocycles. The van der Waals surface area contributed by atoms with Crippen LogP contribution in [-0.2, 0) is 11.3 Å². The highest BCUT2D eigenvalue weighted by Crippen LogP contribution is 2.17. The SMILES string of the molecule is Cc1ccc(CN2CC[C@@H](Nc3ncc(C=CC(=O)NO)c(C)n3)C2)cc1.Cl.Cl. The van der Waals surface area contributed by atoms with E-state index in [2.05, 4.69) is 51.4 Å². The van der Waals surface area contributed by atoms with Gasteiger partial charge in [0.2, 0.25) is 5.95 Å². The second kappa shape index (κ2) is 11.7. The molecule has 9 heteroatoms. The van der Waals surface area contributed by atoms with Crippen molar-refractivity contribution < 1.29 is 10.0 Å². The minimum Gasteiger partial charge on any atom is -0.350 e. The fourth-order valence-electron chi connectivity index (χ4n) is 3.14. The molecule has 29 heavy (non-hydrogen) atoms. The first-order valence-electron chi connectivity index (χ1n) is 9.03. The van der Waals surface area contributed by atoms with Gasteiger partial charge in [0, 0.05) is 43.5 Å². The molecule has 0 radical (unpaired) electrons. The Morgan fingerprint density at radius 3 is 2.66 bits per heavy atom. The number of anilines is 1. The Bertz CT molecular complexity index is 830. The quantitative estimate of drug-likeness (QED) is 0.363. The number of hydroxylamine groups is 1. The topological polar surface area (TPSA) is 90.4 Å². The Morgan fingerprint density at radius 1 is 1.28 bits per heavy atom. The summed E-state index contributed by atoms with van der Waals surface area (Å²) in [6, 6.07) is 8.99. The predicted octanol–water partition coefficient (Wildman–Crippen LogP) is 3.14. The second-order valence-electron chi connectivity index (χ2n) is 6.89. The first-order chi connectivity index (χ1) is 13.0. The molecule has 3 N–H and O–H groups in total. The molecule has 3 rings (SSSR count). The van der Waals surface area contributed by atoms with Crippen LogP contribution in [0.3, 0.4) is 0 Å². The summed E-state index contributed by atoms with van der Waals surface area (Å²) < 4.78 is 0. The van der Waals surface area contributed by atoms with Gasteiger partial charge >= 0.3 is 0 Å². The molecule has 1 amide bonds. The normalized spacial score (nSPS) is 16.2. The van der Waals surface area contributed by atoms with Gasteiger partial charge < -0.3 is 5.32 Å². The van der Waals surface area contributed by atoms with Crippen molar-refractivity contribution >= 4 is 42.7 Å². The molecule has 0 spiro atoms. The van der Waals surface area contributed by atoms with Gasteiger partial charge in [-0.25, -0.2) is 15.4 Å². The van der Waals surface area contributed by atoms with E-state index in [-0.39, 0.29) is 24.8 Å². The third-order valence-electron chi connectivity index (χ3n) is 4.67. The van der Waals surface area contributed by atoms with Crippen LogP contribution in [0.25, 0.3) is 6.08 Å². The lowest BCUT2D eigenvalue weighted by atomic mass is 10.1. The molecule has 0 aliphatic carbocycles. The molecule has 1 saturated heterocycles. The molecule has 0 bridgehead atoms. The van der Waals surface area contributed by atoms with Crippen LogP contribution in [0.2, 0.25) is 0 Å². The van der Waals surface area contributed by atoms with Crippen LogP contribution < -0.4 is 10.8 Å². The number of nitrogens with zero attached hydrogens (tertiary/aromatic N) is 3. The number of nitrogens with one attached hydrogen (secondary N) is 2. The Hall–Kier alpha value is -2.19. The number of aryl methyl sites for hydroxylation is 2. The van der Waals surface area contributed by atoms with Gasteiger partial charge in [-0.2, -0.15) is 0 Å². The van der Waals surface area contributed by atoms with Crippen LogP contribution >= 0.6 is 24.8 Å². The largest absolute Gasteiger partial charge is 0.350 e. The summed E-state index contributed by atoms with van der Waals surface area (Å²) in [7, 11) is 0. The lowest BCUT2D eigenvalue weighted by Gasteiger charge is -2.17. The molecule has 1 fully saturated rings. The summed E-state index contributed by atoms with van der Waals surface area (Å²) in [6.07, 6.45) is 5.53. The van der Waals surface area contributed by atoms with Crippen molar-refractivity contribution in [3.8, 4) is 0 Å². The highest BCUT2D eigenvalue weighted by Gasteiger charge is 2.23. The maximum Gasteiger partial charge on any atom is 0.267 e. The van der Waals surface area contributed by atoms with Crippen molar-refractivity contribution in [2.45, 2.75) is 32.9 Å². The molecular formula is C20H27Cl2N5O2. The van der Waals surface area contributed by atoms with Crippen LogP contribution in [0.5, 0.6) is 0 Å². The Balaban J connectivity index is 0.00000210. The van der Waals surface area contributed by atoms with Gasteiger partial charge in [0.15, 0.2) is 0 Å². The van der Waals surface area contributed by atoms with Gasteiger partial charge in [0.25, 0.3) is 5.91 Å². The van der Waals surface area contributed by atoms with Gasteiger partial charge in [0.1, 0.15) is 0 Å². The molecular weight excluding hydrogens is 413 g/mol. The second-order valence-corrected chi connectivity index (χ2v) is 6.89. The number of aromatic nitrogens is 2. The lowest BCUT2D eigenvalue weighted by Crippen LogP contribution is -2.26. The number of hydrogen-bond acceptors (Lipinski definition) is 6. The van der Waals surface area contributed by atoms with Crippen molar-refractivity contribution in [2.24, 2.45) is 0 Å². The minimum atomic E-state index is -0.587. The smallest absolute Gasteiger partial charge is 0.267 e. The maximum atomic E-state index is 11.1. The van der Waals surface area contributed by atoms with Gasteiger partial charge in [-0.3, -0.25) is 14.9 Å². The molecule has 2 aromatic rings. The van der Waals surface area contributed by atoms with E-state index in [1.165, 1.54) is 17.2 Å². The van der Waals surface area contributed by atoms with E-state index in [0.717, 1.165) is 37.3 Å². The molecule has 7 nitrogen and oxygen atoms in total. The molecule has 1 atom stereocenters. The fraction of sp³-hybridized carbons (Fsp3) is 0.350. The van der Waals surface area contributed by atoms with E-state index in [4.69, 9.17) is 5.21 Å². The zero-order valence-electron chi connectivity index (χ0n) is 16.5. The van der Waals surface area contributed by atoms with E-state index in [1.807, 2.05) is 6.92 Å². The van der Waals surface area contributed by atoms with Crippen molar-refractivity contribution in [3.05, 3.63) is 58.9 Å². The van der Waals surface area contributed by atoms with E-state index >= 15 is 0 Å². The number of rotatable bonds is 6. The summed E-state index contributed by atoms with van der Waals surface area (Å²) in [5.74, 6) is 0.00895. The lowest BCUT2D eigenvalue weighted by molar-refractivity contribution is -0.124. The Morgan fingerprint density at radius 2 is 2.00 bits per heavy atom. The third kappa shape index (κ3) is 7.29. The van der Waals surface area contributed by atoms with Crippen LogP contribution in [0.4, 0.5) is 5.95 Å². The molecule has 0 unspecified atom stereocenters. The van der Waals surface area contributed by atoms with E-state index < -0.39 is 5.91 Å². The van der Waals surface area contributed by atoms with Crippen LogP contribution in [0.15, 0.2) is 36.5 Å². The van der Waals surface area contributed by atoms with Crippen LogP contribution in [-0.4, -0.2) is 45.1 Å². The van der Waals surface area contributed by atoms with Gasteiger partial charge in [-0.1, -0.05) is 29.8 Å². The van der Waals surface area contributed by atoms with E-state index in [9.17, 15) is 4.79 Å². The number of likely N-dealkylation sites (tertiary alicyclic amines) is 1. The predicted molar refractivity (Wildman–Crippen MR) is 119 cm³/mol. The standard InChI is InChI=1S/C20H25N5O2.2ClH/c1-14-3-5-16(6-4-14)12-25-10-9-18(13-25)23-20-21-11-17(15(2)22-20)7-8-19(26)24-27;;/h3-8,11,18,27H,9-10,12-13H2,1-2H3,(H,24,26)(H,21,22,23);2*1H/t18-;;/m1../s1. The van der Waals surface area contributed by atoms with Crippen molar-refractivity contribution in [1.29, 1.82) is 0 Å². The monoisotopic (exact) mass is 439 g/mol. The number of carbonyl (C=O) groups excluding carboxylic acids is 1. The molecule has 1 aliphatic rings. The van der Waals surface area contributed by atoms with Crippen molar-refractivity contribution in [2.75, 3.05) is 18.4 Å². The molecule has 1 aromatic heterocycles. The summed E-state index contributed by atoms with van der Waals surface area (Å²) in [6.45, 7) is 6.91. The molecule has 1 aromatic carbocycles. The average Bonchev–Trinajstić information content (AvgIpc) is 3.09. The number of carbonyl (C=O) groups is 1. The zero-order chi connectivity index (χ0) is 19.2. The molecule has 0 saturated carbocycles. The third-order valence-corrected chi connectivity index (χ3v) is 4.67. The van der Waals surface area contributed by atoms with E-state index in [1.54, 1.807) is 17.8 Å². The highest BCUT2D eigenvalue weighted by molar-refractivity contribution is 5.90. The minimum absolute atomic E-state index is 0.